The Hall–Kier alpha value is -1.56. The zero-order valence-electron chi connectivity index (χ0n) is 7.05. The molecule has 0 saturated heterocycles. The second-order valence-electron chi connectivity index (χ2n) is 3.32. The van der Waals surface area contributed by atoms with Crippen LogP contribution in [-0.2, 0) is 0 Å². The number of nitriles is 1. The van der Waals surface area contributed by atoms with Gasteiger partial charge in [0.05, 0.1) is 5.69 Å². The van der Waals surface area contributed by atoms with Crippen LogP contribution >= 0.6 is 0 Å². The van der Waals surface area contributed by atoms with Gasteiger partial charge < -0.3 is 5.73 Å². The maximum Gasteiger partial charge on any atom is 0.146 e. The lowest BCUT2D eigenvalue weighted by Gasteiger charge is -2.04. The molecule has 2 N–H and O–H groups in total. The number of halogens is 1. The van der Waals surface area contributed by atoms with Crippen molar-refractivity contribution in [3.8, 4) is 6.07 Å². The molecule has 0 radical (unpaired) electrons. The van der Waals surface area contributed by atoms with E-state index in [0.717, 1.165) is 12.8 Å². The average Bonchev–Trinajstić information content (AvgIpc) is 2.88. The predicted octanol–water partition coefficient (Wildman–Crippen LogP) is 2.16. The molecule has 1 aromatic carbocycles. The van der Waals surface area contributed by atoms with Crippen LogP contribution < -0.4 is 5.73 Å². The van der Waals surface area contributed by atoms with Gasteiger partial charge in [0.1, 0.15) is 17.4 Å². The first-order chi connectivity index (χ1) is 6.24. The molecule has 1 aromatic rings. The molecule has 0 heterocycles. The molecule has 0 aliphatic heterocycles. The number of nitrogens with zero attached hydrogens (tertiary/aromatic N) is 1. The molecule has 66 valence electrons. The zero-order chi connectivity index (χ0) is 9.42. The molecule has 0 amide bonds. The van der Waals surface area contributed by atoms with E-state index in [-0.39, 0.29) is 11.3 Å². The van der Waals surface area contributed by atoms with Crippen molar-refractivity contribution in [1.82, 2.24) is 0 Å². The van der Waals surface area contributed by atoms with Gasteiger partial charge in [-0.25, -0.2) is 4.39 Å². The maximum absolute atomic E-state index is 13.5. The summed E-state index contributed by atoms with van der Waals surface area (Å²) in [5.74, 6) is -0.113. The second kappa shape index (κ2) is 2.74. The zero-order valence-corrected chi connectivity index (χ0v) is 7.05. The number of nitrogens with two attached hydrogens (primary N) is 1. The van der Waals surface area contributed by atoms with Crippen LogP contribution in [0.4, 0.5) is 10.1 Å². The molecule has 1 aliphatic rings. The van der Waals surface area contributed by atoms with Gasteiger partial charge in [-0.2, -0.15) is 5.26 Å². The Morgan fingerprint density at radius 3 is 2.69 bits per heavy atom. The Kier molecular flexibility index (Phi) is 1.70. The summed E-state index contributed by atoms with van der Waals surface area (Å²) in [6, 6.07) is 5.08. The van der Waals surface area contributed by atoms with Crippen molar-refractivity contribution in [2.24, 2.45) is 0 Å². The van der Waals surface area contributed by atoms with Crippen LogP contribution in [0.2, 0.25) is 0 Å². The quantitative estimate of drug-likeness (QED) is 0.666. The molecule has 0 bridgehead atoms. The van der Waals surface area contributed by atoms with Gasteiger partial charge in [0.15, 0.2) is 0 Å². The van der Waals surface area contributed by atoms with Crippen molar-refractivity contribution in [1.29, 1.82) is 5.26 Å². The Morgan fingerprint density at radius 2 is 2.15 bits per heavy atom. The van der Waals surface area contributed by atoms with Crippen molar-refractivity contribution < 1.29 is 4.39 Å². The highest BCUT2D eigenvalue weighted by Gasteiger charge is 2.28. The van der Waals surface area contributed by atoms with E-state index >= 15 is 0 Å². The summed E-state index contributed by atoms with van der Waals surface area (Å²) in [6.45, 7) is 0. The van der Waals surface area contributed by atoms with Gasteiger partial charge in [-0.1, -0.05) is 6.07 Å². The predicted molar refractivity (Wildman–Crippen MR) is 47.5 cm³/mol. The van der Waals surface area contributed by atoms with Crippen molar-refractivity contribution >= 4 is 5.69 Å². The molecule has 2 rings (SSSR count). The van der Waals surface area contributed by atoms with Crippen LogP contribution in [0.25, 0.3) is 0 Å². The fourth-order valence-electron chi connectivity index (χ4n) is 1.43. The normalized spacial score (nSPS) is 15.4. The molecule has 0 spiro atoms. The van der Waals surface area contributed by atoms with E-state index in [4.69, 9.17) is 11.0 Å². The van der Waals surface area contributed by atoms with Crippen molar-refractivity contribution in [2.75, 3.05) is 5.73 Å². The number of rotatable bonds is 1. The van der Waals surface area contributed by atoms with Crippen LogP contribution in [-0.4, -0.2) is 0 Å². The lowest BCUT2D eigenvalue weighted by Crippen LogP contribution is -1.97. The largest absolute Gasteiger partial charge is 0.398 e. The standard InChI is InChI=1S/C10H9FN2/c11-10-7(6-1-2-6)3-4-9(13)8(10)5-12/h3-4,6H,1-2,13H2. The molecule has 1 saturated carbocycles. The first-order valence-electron chi connectivity index (χ1n) is 4.22. The Labute approximate surface area is 75.8 Å². The molecule has 2 nitrogen and oxygen atoms in total. The topological polar surface area (TPSA) is 49.8 Å². The summed E-state index contributed by atoms with van der Waals surface area (Å²) >= 11 is 0. The first kappa shape index (κ1) is 8.06. The molecule has 13 heavy (non-hydrogen) atoms. The summed E-state index contributed by atoms with van der Waals surface area (Å²) in [5.41, 5.74) is 6.32. The van der Waals surface area contributed by atoms with E-state index in [9.17, 15) is 4.39 Å². The number of nitrogen functional groups attached to an aromatic ring is 1. The third kappa shape index (κ3) is 1.25. The van der Waals surface area contributed by atoms with E-state index in [1.54, 1.807) is 18.2 Å². The maximum atomic E-state index is 13.5. The summed E-state index contributed by atoms with van der Waals surface area (Å²) < 4.78 is 13.5. The first-order valence-corrected chi connectivity index (χ1v) is 4.22. The monoisotopic (exact) mass is 176 g/mol. The van der Waals surface area contributed by atoms with Crippen molar-refractivity contribution in [2.45, 2.75) is 18.8 Å². The van der Waals surface area contributed by atoms with Crippen LogP contribution in [0.15, 0.2) is 12.1 Å². The number of anilines is 1. The summed E-state index contributed by atoms with van der Waals surface area (Å²) in [4.78, 5) is 0. The van der Waals surface area contributed by atoms with Gasteiger partial charge in [-0.05, 0) is 30.4 Å². The second-order valence-corrected chi connectivity index (χ2v) is 3.32. The Bertz CT molecular complexity index is 389. The minimum absolute atomic E-state index is 0.00981. The lowest BCUT2D eigenvalue weighted by atomic mass is 10.0. The highest BCUT2D eigenvalue weighted by atomic mass is 19.1. The third-order valence-corrected chi connectivity index (χ3v) is 2.33. The molecule has 3 heteroatoms. The van der Waals surface area contributed by atoms with Crippen molar-refractivity contribution in [3.63, 3.8) is 0 Å². The van der Waals surface area contributed by atoms with Crippen LogP contribution in [0, 0.1) is 17.1 Å². The molecule has 0 aromatic heterocycles. The highest BCUT2D eigenvalue weighted by Crippen LogP contribution is 2.42. The average molecular weight is 176 g/mol. The fraction of sp³-hybridized carbons (Fsp3) is 0.300. The van der Waals surface area contributed by atoms with E-state index in [1.165, 1.54) is 0 Å². The van der Waals surface area contributed by atoms with Gasteiger partial charge >= 0.3 is 0 Å². The summed E-state index contributed by atoms with van der Waals surface area (Å²) in [6.07, 6.45) is 2.04. The highest BCUT2D eigenvalue weighted by molar-refractivity contribution is 5.57. The van der Waals surface area contributed by atoms with E-state index in [1.807, 2.05) is 0 Å². The summed E-state index contributed by atoms with van der Waals surface area (Å²) in [5, 5.41) is 8.66. The molecule has 0 atom stereocenters. The van der Waals surface area contributed by atoms with Gasteiger partial charge in [0.2, 0.25) is 0 Å². The van der Waals surface area contributed by atoms with Crippen LogP contribution in [0.1, 0.15) is 29.9 Å². The minimum atomic E-state index is -0.426. The van der Waals surface area contributed by atoms with Gasteiger partial charge in [-0.3, -0.25) is 0 Å². The van der Waals surface area contributed by atoms with E-state index < -0.39 is 5.82 Å². The fourth-order valence-corrected chi connectivity index (χ4v) is 1.43. The Balaban J connectivity index is 2.56. The minimum Gasteiger partial charge on any atom is -0.398 e. The van der Waals surface area contributed by atoms with Crippen molar-refractivity contribution in [3.05, 3.63) is 29.1 Å². The number of hydrogen-bond donors (Lipinski definition) is 1. The Morgan fingerprint density at radius 1 is 1.46 bits per heavy atom. The van der Waals surface area contributed by atoms with E-state index in [2.05, 4.69) is 0 Å². The van der Waals surface area contributed by atoms with Gasteiger partial charge in [0, 0.05) is 0 Å². The van der Waals surface area contributed by atoms with Crippen LogP contribution in [0.3, 0.4) is 0 Å². The van der Waals surface area contributed by atoms with E-state index in [0.29, 0.717) is 11.5 Å². The van der Waals surface area contributed by atoms with Gasteiger partial charge in [-0.15, -0.1) is 0 Å². The lowest BCUT2D eigenvalue weighted by molar-refractivity contribution is 0.608. The summed E-state index contributed by atoms with van der Waals surface area (Å²) in [7, 11) is 0. The molecular weight excluding hydrogens is 167 g/mol. The molecule has 0 unspecified atom stereocenters. The van der Waals surface area contributed by atoms with Crippen LogP contribution in [0.5, 0.6) is 0 Å². The third-order valence-electron chi connectivity index (χ3n) is 2.33. The number of benzene rings is 1. The molecule has 1 fully saturated rings. The molecule has 1 aliphatic carbocycles. The smallest absolute Gasteiger partial charge is 0.146 e. The molecular formula is C10H9FN2. The SMILES string of the molecule is N#Cc1c(N)ccc(C2CC2)c1F. The number of hydrogen-bond acceptors (Lipinski definition) is 2. The van der Waals surface area contributed by atoms with Gasteiger partial charge in [0.25, 0.3) is 0 Å².